The Morgan fingerprint density at radius 2 is 1.87 bits per heavy atom. The molecule has 0 radical (unpaired) electrons. The fourth-order valence-electron chi connectivity index (χ4n) is 4.06. The van der Waals surface area contributed by atoms with Gasteiger partial charge in [0.2, 0.25) is 5.88 Å². The van der Waals surface area contributed by atoms with Crippen molar-refractivity contribution >= 4 is 28.5 Å². The van der Waals surface area contributed by atoms with Gasteiger partial charge in [0.05, 0.1) is 16.6 Å². The van der Waals surface area contributed by atoms with Gasteiger partial charge in [0.1, 0.15) is 0 Å². The van der Waals surface area contributed by atoms with Crippen LogP contribution in [-0.4, -0.2) is 51.2 Å². The largest absolute Gasteiger partial charge is 0.466 e. The van der Waals surface area contributed by atoms with E-state index < -0.39 is 0 Å². The van der Waals surface area contributed by atoms with E-state index in [1.807, 2.05) is 43.9 Å². The molecule has 1 aliphatic rings. The summed E-state index contributed by atoms with van der Waals surface area (Å²) in [7, 11) is 1.80. The molecular formula is C23H27N5O3. The maximum absolute atomic E-state index is 12.9. The molecule has 1 N–H and O–H groups in total. The topological polar surface area (TPSA) is 89.4 Å². The van der Waals surface area contributed by atoms with Gasteiger partial charge in [0, 0.05) is 25.8 Å². The molecule has 1 aliphatic heterocycles. The van der Waals surface area contributed by atoms with Crippen LogP contribution in [0.5, 0.6) is 5.88 Å². The van der Waals surface area contributed by atoms with E-state index in [0.29, 0.717) is 22.8 Å². The zero-order valence-corrected chi connectivity index (χ0v) is 18.4. The predicted molar refractivity (Wildman–Crippen MR) is 118 cm³/mol. The van der Waals surface area contributed by atoms with Crippen LogP contribution in [0.4, 0.5) is 5.69 Å². The van der Waals surface area contributed by atoms with Crippen LogP contribution in [0.2, 0.25) is 0 Å². The standard InChI is InChI=1S/C23H27N5O3/c1-14-8-7-9-17(23(30)28-10-5-6-11-28)20(14)25-18(29)13-31-22-19-15(2)12-16(3)24-21(19)27(4)26-22/h7-9,12H,5-6,10-11,13H2,1-4H3,(H,25,29). The summed E-state index contributed by atoms with van der Waals surface area (Å²) in [5.74, 6) is -0.0256. The minimum absolute atomic E-state index is 0.0507. The summed E-state index contributed by atoms with van der Waals surface area (Å²) in [6.45, 7) is 7.06. The highest BCUT2D eigenvalue weighted by atomic mass is 16.5. The Bertz CT molecular complexity index is 1160. The minimum atomic E-state index is -0.346. The van der Waals surface area contributed by atoms with E-state index in [0.717, 1.165) is 48.1 Å². The van der Waals surface area contributed by atoms with Crippen LogP contribution in [-0.2, 0) is 11.8 Å². The molecule has 31 heavy (non-hydrogen) atoms. The molecule has 3 heterocycles. The lowest BCUT2D eigenvalue weighted by Gasteiger charge is -2.19. The predicted octanol–water partition coefficient (Wildman–Crippen LogP) is 3.15. The van der Waals surface area contributed by atoms with Gasteiger partial charge in [0.15, 0.2) is 12.3 Å². The summed E-state index contributed by atoms with van der Waals surface area (Å²) in [6, 6.07) is 7.43. The Kier molecular flexibility index (Phi) is 5.63. The first-order chi connectivity index (χ1) is 14.8. The lowest BCUT2D eigenvalue weighted by molar-refractivity contribution is -0.118. The summed E-state index contributed by atoms with van der Waals surface area (Å²) in [4.78, 5) is 32.0. The molecule has 0 unspecified atom stereocenters. The summed E-state index contributed by atoms with van der Waals surface area (Å²) in [5, 5.41) is 8.04. The molecule has 2 aromatic heterocycles. The van der Waals surface area contributed by atoms with Crippen molar-refractivity contribution in [1.29, 1.82) is 0 Å². The Morgan fingerprint density at radius 1 is 1.13 bits per heavy atom. The number of fused-ring (bicyclic) bond motifs is 1. The Morgan fingerprint density at radius 3 is 2.61 bits per heavy atom. The van der Waals surface area contributed by atoms with Gasteiger partial charge in [-0.3, -0.25) is 9.59 Å². The highest BCUT2D eigenvalue weighted by Crippen LogP contribution is 2.27. The molecule has 4 rings (SSSR count). The van der Waals surface area contributed by atoms with Gasteiger partial charge in [-0.05, 0) is 56.9 Å². The van der Waals surface area contributed by atoms with Crippen LogP contribution in [0, 0.1) is 20.8 Å². The maximum atomic E-state index is 12.9. The van der Waals surface area contributed by atoms with Crippen molar-refractivity contribution in [2.45, 2.75) is 33.6 Å². The number of hydrogen-bond acceptors (Lipinski definition) is 5. The molecule has 162 valence electrons. The van der Waals surface area contributed by atoms with Crippen LogP contribution in [0.1, 0.15) is 40.0 Å². The smallest absolute Gasteiger partial charge is 0.262 e. The van der Waals surface area contributed by atoms with Gasteiger partial charge in [-0.25, -0.2) is 9.67 Å². The first-order valence-corrected chi connectivity index (χ1v) is 10.5. The van der Waals surface area contributed by atoms with Crippen LogP contribution in [0.3, 0.4) is 0 Å². The van der Waals surface area contributed by atoms with E-state index in [9.17, 15) is 9.59 Å². The highest BCUT2D eigenvalue weighted by Gasteiger charge is 2.23. The molecule has 8 nitrogen and oxygen atoms in total. The summed E-state index contributed by atoms with van der Waals surface area (Å²) >= 11 is 0. The van der Waals surface area contributed by atoms with Gasteiger partial charge in [-0.2, -0.15) is 0 Å². The zero-order chi connectivity index (χ0) is 22.1. The molecule has 0 aliphatic carbocycles. The molecule has 0 atom stereocenters. The molecule has 0 saturated carbocycles. The molecular weight excluding hydrogens is 394 g/mol. The van der Waals surface area contributed by atoms with Crippen molar-refractivity contribution in [2.24, 2.45) is 7.05 Å². The third-order valence-corrected chi connectivity index (χ3v) is 5.59. The molecule has 8 heteroatoms. The number of hydrogen-bond donors (Lipinski definition) is 1. The van der Waals surface area contributed by atoms with Crippen molar-refractivity contribution in [3.05, 3.63) is 46.6 Å². The van der Waals surface area contributed by atoms with Crippen molar-refractivity contribution in [2.75, 3.05) is 25.0 Å². The Balaban J connectivity index is 1.51. The van der Waals surface area contributed by atoms with E-state index in [-0.39, 0.29) is 18.4 Å². The lowest BCUT2D eigenvalue weighted by atomic mass is 10.1. The quantitative estimate of drug-likeness (QED) is 0.684. The van der Waals surface area contributed by atoms with Gasteiger partial charge < -0.3 is 15.0 Å². The third kappa shape index (κ3) is 4.10. The number of likely N-dealkylation sites (tertiary alicyclic amines) is 1. The zero-order valence-electron chi connectivity index (χ0n) is 18.4. The Labute approximate surface area is 181 Å². The second kappa shape index (κ2) is 8.37. The number of benzene rings is 1. The number of amides is 2. The number of para-hydroxylation sites is 1. The number of rotatable bonds is 5. The first kappa shape index (κ1) is 20.8. The normalized spacial score (nSPS) is 13.6. The van der Waals surface area contributed by atoms with Crippen LogP contribution >= 0.6 is 0 Å². The number of aryl methyl sites for hydroxylation is 4. The number of carbonyl (C=O) groups excluding carboxylic acids is 2. The van der Waals surface area contributed by atoms with E-state index in [1.54, 1.807) is 17.8 Å². The Hall–Kier alpha value is -3.42. The summed E-state index contributed by atoms with van der Waals surface area (Å²) in [6.07, 6.45) is 2.03. The molecule has 2 amide bonds. The van der Waals surface area contributed by atoms with Gasteiger partial charge in [-0.1, -0.05) is 12.1 Å². The highest BCUT2D eigenvalue weighted by molar-refractivity contribution is 6.05. The first-order valence-electron chi connectivity index (χ1n) is 10.5. The molecule has 0 spiro atoms. The second-order valence-electron chi connectivity index (χ2n) is 8.04. The van der Waals surface area contributed by atoms with E-state index in [2.05, 4.69) is 15.4 Å². The van der Waals surface area contributed by atoms with Gasteiger partial charge >= 0.3 is 0 Å². The van der Waals surface area contributed by atoms with Crippen molar-refractivity contribution in [1.82, 2.24) is 19.7 Å². The number of nitrogens with one attached hydrogen (secondary N) is 1. The maximum Gasteiger partial charge on any atom is 0.262 e. The monoisotopic (exact) mass is 421 g/mol. The van der Waals surface area contributed by atoms with Crippen LogP contribution in [0.25, 0.3) is 11.0 Å². The average molecular weight is 422 g/mol. The number of ether oxygens (including phenoxy) is 1. The second-order valence-corrected chi connectivity index (χ2v) is 8.04. The third-order valence-electron chi connectivity index (χ3n) is 5.59. The molecule has 1 saturated heterocycles. The van der Waals surface area contributed by atoms with Crippen molar-refractivity contribution in [3.8, 4) is 5.88 Å². The molecule has 0 bridgehead atoms. The van der Waals surface area contributed by atoms with E-state index in [4.69, 9.17) is 4.74 Å². The SMILES string of the molecule is Cc1cc(C)c2c(OCC(=O)Nc3c(C)cccc3C(=O)N3CCCC3)nn(C)c2n1. The number of nitrogens with zero attached hydrogens (tertiary/aromatic N) is 4. The fraction of sp³-hybridized carbons (Fsp3) is 0.391. The lowest BCUT2D eigenvalue weighted by Crippen LogP contribution is -2.29. The minimum Gasteiger partial charge on any atom is -0.466 e. The van der Waals surface area contributed by atoms with Crippen LogP contribution < -0.4 is 10.1 Å². The fourth-order valence-corrected chi connectivity index (χ4v) is 4.06. The molecule has 3 aromatic rings. The van der Waals surface area contributed by atoms with E-state index in [1.165, 1.54) is 0 Å². The number of aromatic nitrogens is 3. The number of carbonyl (C=O) groups is 2. The van der Waals surface area contributed by atoms with Crippen LogP contribution in [0.15, 0.2) is 24.3 Å². The van der Waals surface area contributed by atoms with E-state index >= 15 is 0 Å². The van der Waals surface area contributed by atoms with Crippen molar-refractivity contribution in [3.63, 3.8) is 0 Å². The van der Waals surface area contributed by atoms with Crippen molar-refractivity contribution < 1.29 is 14.3 Å². The van der Waals surface area contributed by atoms with Gasteiger partial charge in [0.25, 0.3) is 11.8 Å². The molecule has 1 aromatic carbocycles. The molecule has 1 fully saturated rings. The number of pyridine rings is 1. The van der Waals surface area contributed by atoms with Gasteiger partial charge in [-0.15, -0.1) is 5.10 Å². The number of anilines is 1. The summed E-state index contributed by atoms with van der Waals surface area (Å²) in [5.41, 5.74) is 4.47. The average Bonchev–Trinajstić information content (AvgIpc) is 3.36. The summed E-state index contributed by atoms with van der Waals surface area (Å²) < 4.78 is 7.41.